The standard InChI is InChI=1S/C34H34BrCl2N3O5/c1-19-6-5-9-24(28(19)41)27-22-10-11-23-26(25(22)16-33(36)31(44)39(18-35)32(45)34(27,33)37)30(43)40(29(23)42)21-12-14-38(15-13-21)17-20-7-3-2-4-8-20/h2-10,21,23,25-27,41H,11-18H2,1H3. The fourth-order valence-corrected chi connectivity index (χ4v) is 9.99. The van der Waals surface area contributed by atoms with Crippen molar-refractivity contribution in [2.75, 3.05) is 18.5 Å². The summed E-state index contributed by atoms with van der Waals surface area (Å²) in [5, 5.41) is 11.3. The number of aromatic hydroxyl groups is 1. The molecule has 2 aromatic carbocycles. The first-order valence-electron chi connectivity index (χ1n) is 15.4. The van der Waals surface area contributed by atoms with Crippen molar-refractivity contribution < 1.29 is 24.3 Å². The number of allylic oxidation sites excluding steroid dienone is 2. The molecule has 1 saturated carbocycles. The number of carbonyl (C=O) groups is 4. The van der Waals surface area contributed by atoms with Gasteiger partial charge < -0.3 is 5.11 Å². The van der Waals surface area contributed by atoms with Crippen molar-refractivity contribution in [3.05, 3.63) is 76.9 Å². The molecule has 5 aliphatic rings. The second kappa shape index (κ2) is 11.2. The van der Waals surface area contributed by atoms with Crippen molar-refractivity contribution in [2.45, 2.75) is 60.9 Å². The summed E-state index contributed by atoms with van der Waals surface area (Å²) >= 11 is 17.8. The Morgan fingerprint density at radius 3 is 2.33 bits per heavy atom. The van der Waals surface area contributed by atoms with Gasteiger partial charge in [-0.15, -0.1) is 23.2 Å². The number of hydrogen-bond acceptors (Lipinski definition) is 6. The topological polar surface area (TPSA) is 98.2 Å². The van der Waals surface area contributed by atoms with Crippen molar-refractivity contribution in [1.29, 1.82) is 0 Å². The summed E-state index contributed by atoms with van der Waals surface area (Å²) in [4.78, 5) is 57.1. The molecule has 8 nitrogen and oxygen atoms in total. The number of hydrogen-bond donors (Lipinski definition) is 1. The number of likely N-dealkylation sites (tertiary alicyclic amines) is 3. The van der Waals surface area contributed by atoms with Gasteiger partial charge in [-0.05, 0) is 49.7 Å². The third-order valence-electron chi connectivity index (χ3n) is 10.8. The molecule has 2 aliphatic carbocycles. The summed E-state index contributed by atoms with van der Waals surface area (Å²) in [6.45, 7) is 4.10. The van der Waals surface area contributed by atoms with Crippen molar-refractivity contribution >= 4 is 62.8 Å². The molecule has 0 aromatic heterocycles. The van der Waals surface area contributed by atoms with E-state index in [4.69, 9.17) is 23.2 Å². The minimum Gasteiger partial charge on any atom is -0.507 e. The zero-order valence-electron chi connectivity index (χ0n) is 24.8. The van der Waals surface area contributed by atoms with Gasteiger partial charge in [0, 0.05) is 37.2 Å². The SMILES string of the molecule is Cc1cccc(C2C3=CCC4C(=O)N(C5CCN(Cc6ccccc6)CC5)C(=O)C4C3CC3(Cl)C(=O)N(CBr)C(=O)C23Cl)c1O. The molecule has 0 bridgehead atoms. The zero-order chi connectivity index (χ0) is 31.8. The van der Waals surface area contributed by atoms with Crippen LogP contribution in [0, 0.1) is 24.7 Å². The zero-order valence-corrected chi connectivity index (χ0v) is 27.9. The van der Waals surface area contributed by atoms with E-state index in [0.717, 1.165) is 24.5 Å². The molecule has 3 heterocycles. The van der Waals surface area contributed by atoms with E-state index in [1.165, 1.54) is 10.5 Å². The predicted octanol–water partition coefficient (Wildman–Crippen LogP) is 5.08. The molecule has 6 unspecified atom stereocenters. The molecule has 6 atom stereocenters. The highest BCUT2D eigenvalue weighted by Gasteiger charge is 2.76. The van der Waals surface area contributed by atoms with Gasteiger partial charge >= 0.3 is 0 Å². The lowest BCUT2D eigenvalue weighted by Gasteiger charge is -2.50. The van der Waals surface area contributed by atoms with Crippen molar-refractivity contribution in [3.8, 4) is 5.75 Å². The summed E-state index contributed by atoms with van der Waals surface area (Å²) in [7, 11) is 0. The van der Waals surface area contributed by atoms with E-state index in [-0.39, 0.29) is 35.5 Å². The molecule has 3 saturated heterocycles. The van der Waals surface area contributed by atoms with Gasteiger partial charge in [0.2, 0.25) is 11.8 Å². The minimum absolute atomic E-state index is 0.0412. The maximum Gasteiger partial charge on any atom is 0.254 e. The molecule has 7 rings (SSSR count). The van der Waals surface area contributed by atoms with Crippen LogP contribution in [0.2, 0.25) is 0 Å². The van der Waals surface area contributed by atoms with Crippen molar-refractivity contribution in [1.82, 2.24) is 14.7 Å². The average molecular weight is 715 g/mol. The monoisotopic (exact) mass is 713 g/mol. The molecule has 0 radical (unpaired) electrons. The van der Waals surface area contributed by atoms with Gasteiger partial charge in [0.1, 0.15) is 5.75 Å². The van der Waals surface area contributed by atoms with E-state index < -0.39 is 45.2 Å². The van der Waals surface area contributed by atoms with E-state index in [2.05, 4.69) is 33.0 Å². The normalized spacial score (nSPS) is 33.7. The predicted molar refractivity (Wildman–Crippen MR) is 173 cm³/mol. The fourth-order valence-electron chi connectivity index (χ4n) is 8.57. The number of carbonyl (C=O) groups excluding carboxylic acids is 4. The van der Waals surface area contributed by atoms with Crippen molar-refractivity contribution in [2.24, 2.45) is 17.8 Å². The summed E-state index contributed by atoms with van der Waals surface area (Å²) in [6, 6.07) is 15.2. The molecule has 45 heavy (non-hydrogen) atoms. The van der Waals surface area contributed by atoms with Gasteiger partial charge in [0.05, 0.1) is 17.3 Å². The van der Waals surface area contributed by atoms with Gasteiger partial charge in [0.15, 0.2) is 9.75 Å². The molecule has 4 amide bonds. The lowest BCUT2D eigenvalue weighted by atomic mass is 9.56. The van der Waals surface area contributed by atoms with Gasteiger partial charge in [-0.25, -0.2) is 0 Å². The number of rotatable bonds is 5. The number of phenols is 1. The summed E-state index contributed by atoms with van der Waals surface area (Å²) in [6.07, 6.45) is 3.52. The molecule has 3 aliphatic heterocycles. The molecule has 4 fully saturated rings. The van der Waals surface area contributed by atoms with Gasteiger partial charge in [-0.1, -0.05) is 76.1 Å². The summed E-state index contributed by atoms with van der Waals surface area (Å²) in [5.74, 6) is -4.65. The second-order valence-electron chi connectivity index (χ2n) is 13.0. The number of halogens is 3. The first-order valence-corrected chi connectivity index (χ1v) is 17.3. The number of alkyl halides is 3. The van der Waals surface area contributed by atoms with Crippen molar-refractivity contribution in [3.63, 3.8) is 0 Å². The van der Waals surface area contributed by atoms with Gasteiger partial charge in [0.25, 0.3) is 11.8 Å². The summed E-state index contributed by atoms with van der Waals surface area (Å²) < 4.78 is 0. The van der Waals surface area contributed by atoms with Crippen LogP contribution in [0.15, 0.2) is 60.2 Å². The highest BCUT2D eigenvalue weighted by atomic mass is 79.9. The molecule has 2 aromatic rings. The van der Waals surface area contributed by atoms with Crippen LogP contribution in [0.4, 0.5) is 0 Å². The molecule has 0 spiro atoms. The quantitative estimate of drug-likeness (QED) is 0.201. The van der Waals surface area contributed by atoms with Gasteiger partial charge in [-0.2, -0.15) is 0 Å². The van der Waals surface area contributed by atoms with Crippen LogP contribution in [0.1, 0.15) is 48.3 Å². The van der Waals surface area contributed by atoms with E-state index >= 15 is 0 Å². The van der Waals surface area contributed by atoms with Crippen LogP contribution in [0.5, 0.6) is 5.75 Å². The van der Waals surface area contributed by atoms with Crippen LogP contribution in [-0.4, -0.2) is 77.8 Å². The van der Waals surface area contributed by atoms with E-state index in [9.17, 15) is 24.3 Å². The number of fused-ring (bicyclic) bond motifs is 4. The maximum atomic E-state index is 14.4. The van der Waals surface area contributed by atoms with Gasteiger partial charge in [-0.3, -0.25) is 33.9 Å². The number of amides is 4. The van der Waals surface area contributed by atoms with Crippen LogP contribution in [0.25, 0.3) is 0 Å². The highest BCUT2D eigenvalue weighted by molar-refractivity contribution is 9.09. The number of aryl methyl sites for hydroxylation is 1. The van der Waals surface area contributed by atoms with Crippen LogP contribution in [0.3, 0.4) is 0 Å². The Kier molecular flexibility index (Phi) is 7.70. The molecular weight excluding hydrogens is 681 g/mol. The number of imide groups is 2. The fraction of sp³-hybridized carbons (Fsp3) is 0.471. The third kappa shape index (κ3) is 4.40. The molecule has 1 N–H and O–H groups in total. The van der Waals surface area contributed by atoms with Crippen LogP contribution < -0.4 is 0 Å². The van der Waals surface area contributed by atoms with E-state index in [1.54, 1.807) is 25.1 Å². The Bertz CT molecular complexity index is 1630. The highest BCUT2D eigenvalue weighted by Crippen LogP contribution is 2.66. The molecular formula is C34H34BrCl2N3O5. The van der Waals surface area contributed by atoms with E-state index in [0.29, 0.717) is 36.0 Å². The number of benzene rings is 2. The largest absolute Gasteiger partial charge is 0.507 e. The molecule has 11 heteroatoms. The Hall–Kier alpha value is -2.72. The first kappa shape index (κ1) is 30.9. The molecule has 236 valence electrons. The summed E-state index contributed by atoms with van der Waals surface area (Å²) in [5.41, 5.74) is 2.77. The Morgan fingerprint density at radius 2 is 1.64 bits per heavy atom. The smallest absolute Gasteiger partial charge is 0.254 e. The Balaban J connectivity index is 1.22. The van der Waals surface area contributed by atoms with Crippen LogP contribution >= 0.6 is 39.1 Å². The lowest BCUT2D eigenvalue weighted by molar-refractivity contribution is -0.144. The number of phenolic OH excluding ortho intramolecular Hbond substituents is 1. The maximum absolute atomic E-state index is 14.4. The number of piperidine rings is 1. The van der Waals surface area contributed by atoms with E-state index in [1.807, 2.05) is 24.3 Å². The number of para-hydroxylation sites is 1. The average Bonchev–Trinajstić information content (AvgIpc) is 3.37. The third-order valence-corrected chi connectivity index (χ3v) is 12.7. The first-order chi connectivity index (χ1) is 21.5. The Labute approximate surface area is 280 Å². The Morgan fingerprint density at radius 1 is 0.933 bits per heavy atom. The minimum atomic E-state index is -1.93. The second-order valence-corrected chi connectivity index (χ2v) is 14.8. The van der Waals surface area contributed by atoms with Crippen LogP contribution in [-0.2, 0) is 25.7 Å². The number of nitrogens with zero attached hydrogens (tertiary/aromatic N) is 3. The lowest BCUT2D eigenvalue weighted by Crippen LogP contribution is -2.60.